The molecule has 2 rings (SSSR count). The van der Waals surface area contributed by atoms with Crippen LogP contribution in [0.4, 0.5) is 0 Å². The number of carbonyl (C=O) groups excluding carboxylic acids is 1. The molecule has 5 heteroatoms. The van der Waals surface area contributed by atoms with Crippen molar-refractivity contribution in [3.05, 3.63) is 46.2 Å². The molecule has 1 aromatic heterocycles. The van der Waals surface area contributed by atoms with Gasteiger partial charge in [-0.2, -0.15) is 5.10 Å². The summed E-state index contributed by atoms with van der Waals surface area (Å²) in [6.45, 7) is 3.95. The number of methoxy groups -OCH3 is 1. The highest BCUT2D eigenvalue weighted by Gasteiger charge is 2.22. The van der Waals surface area contributed by atoms with Crippen molar-refractivity contribution >= 4 is 21.7 Å². The zero-order valence-corrected chi connectivity index (χ0v) is 12.6. The summed E-state index contributed by atoms with van der Waals surface area (Å²) in [5, 5.41) is 4.21. The maximum atomic E-state index is 12.6. The van der Waals surface area contributed by atoms with Gasteiger partial charge >= 0.3 is 0 Å². The number of carbonyl (C=O) groups is 1. The highest BCUT2D eigenvalue weighted by atomic mass is 79.9. The first-order valence-electron chi connectivity index (χ1n) is 5.96. The quantitative estimate of drug-likeness (QED) is 0.809. The second-order valence-electron chi connectivity index (χ2n) is 4.44. The molecular formula is C14H15BrN2O2. The lowest BCUT2D eigenvalue weighted by Gasteiger charge is -2.11. The van der Waals surface area contributed by atoms with Crippen LogP contribution in [-0.2, 0) is 0 Å². The van der Waals surface area contributed by atoms with E-state index in [0.717, 1.165) is 4.47 Å². The third-order valence-electron chi connectivity index (χ3n) is 2.79. The Morgan fingerprint density at radius 3 is 2.47 bits per heavy atom. The molecule has 2 aromatic rings. The van der Waals surface area contributed by atoms with Crippen molar-refractivity contribution in [2.45, 2.75) is 19.9 Å². The highest BCUT2D eigenvalue weighted by molar-refractivity contribution is 9.10. The van der Waals surface area contributed by atoms with Crippen molar-refractivity contribution in [2.75, 3.05) is 7.11 Å². The number of ether oxygens (including phenoxy) is 1. The van der Waals surface area contributed by atoms with E-state index in [1.165, 1.54) is 0 Å². The van der Waals surface area contributed by atoms with Gasteiger partial charge in [0.15, 0.2) is 11.4 Å². The van der Waals surface area contributed by atoms with Crippen LogP contribution in [0.5, 0.6) is 5.75 Å². The number of nitrogens with zero attached hydrogens (tertiary/aromatic N) is 2. The van der Waals surface area contributed by atoms with Crippen molar-refractivity contribution < 1.29 is 9.53 Å². The minimum atomic E-state index is -0.0875. The van der Waals surface area contributed by atoms with E-state index in [1.54, 1.807) is 30.1 Å². The molecule has 0 aliphatic rings. The first kappa shape index (κ1) is 13.8. The Bertz CT molecular complexity index is 588. The van der Waals surface area contributed by atoms with Gasteiger partial charge in [-0.1, -0.05) is 15.9 Å². The maximum Gasteiger partial charge on any atom is 0.214 e. The molecule has 4 nitrogen and oxygen atoms in total. The van der Waals surface area contributed by atoms with Gasteiger partial charge < -0.3 is 4.74 Å². The van der Waals surface area contributed by atoms with E-state index in [2.05, 4.69) is 21.0 Å². The summed E-state index contributed by atoms with van der Waals surface area (Å²) in [6, 6.07) is 7.34. The SMILES string of the molecule is COc1cnn(C(C)C)c1C(=O)c1ccc(Br)cc1. The van der Waals surface area contributed by atoms with E-state index in [-0.39, 0.29) is 11.8 Å². The van der Waals surface area contributed by atoms with Crippen molar-refractivity contribution in [1.82, 2.24) is 9.78 Å². The second kappa shape index (κ2) is 5.57. The standard InChI is InChI=1S/C14H15BrN2O2/c1-9(2)17-13(12(19-3)8-16-17)14(18)10-4-6-11(15)7-5-10/h4-9H,1-3H3. The van der Waals surface area contributed by atoms with E-state index in [1.807, 2.05) is 26.0 Å². The molecule has 19 heavy (non-hydrogen) atoms. The fourth-order valence-corrected chi connectivity index (χ4v) is 2.11. The lowest BCUT2D eigenvalue weighted by atomic mass is 10.1. The molecule has 0 aliphatic heterocycles. The number of hydrogen-bond acceptors (Lipinski definition) is 3. The molecule has 1 aromatic carbocycles. The normalized spacial score (nSPS) is 10.8. The topological polar surface area (TPSA) is 44.1 Å². The number of halogens is 1. The summed E-state index contributed by atoms with van der Waals surface area (Å²) < 4.78 is 7.85. The number of aromatic nitrogens is 2. The van der Waals surface area contributed by atoms with Crippen LogP contribution in [0.3, 0.4) is 0 Å². The van der Waals surface area contributed by atoms with Gasteiger partial charge in [0.25, 0.3) is 0 Å². The van der Waals surface area contributed by atoms with Gasteiger partial charge in [0.2, 0.25) is 5.78 Å². The minimum absolute atomic E-state index is 0.0875. The largest absolute Gasteiger partial charge is 0.493 e. The highest BCUT2D eigenvalue weighted by Crippen LogP contribution is 2.24. The summed E-state index contributed by atoms with van der Waals surface area (Å²) in [6.07, 6.45) is 1.58. The Morgan fingerprint density at radius 1 is 1.32 bits per heavy atom. The predicted octanol–water partition coefficient (Wildman–Crippen LogP) is 3.47. The molecule has 0 amide bonds. The number of rotatable bonds is 4. The molecule has 0 spiro atoms. The van der Waals surface area contributed by atoms with Crippen LogP contribution in [0.1, 0.15) is 35.9 Å². The Hall–Kier alpha value is -1.62. The smallest absolute Gasteiger partial charge is 0.214 e. The molecule has 0 radical (unpaired) electrons. The van der Waals surface area contributed by atoms with E-state index >= 15 is 0 Å². The third-order valence-corrected chi connectivity index (χ3v) is 3.32. The lowest BCUT2D eigenvalue weighted by Crippen LogP contribution is -2.14. The van der Waals surface area contributed by atoms with Gasteiger partial charge in [-0.15, -0.1) is 0 Å². The van der Waals surface area contributed by atoms with Crippen molar-refractivity contribution in [3.8, 4) is 5.75 Å². The minimum Gasteiger partial charge on any atom is -0.493 e. The molecule has 100 valence electrons. The molecule has 0 saturated heterocycles. The fraction of sp³-hybridized carbons (Fsp3) is 0.286. The summed E-state index contributed by atoms with van der Waals surface area (Å²) in [5.41, 5.74) is 1.10. The van der Waals surface area contributed by atoms with Crippen molar-refractivity contribution in [1.29, 1.82) is 0 Å². The van der Waals surface area contributed by atoms with Gasteiger partial charge in [0.1, 0.15) is 0 Å². The summed E-state index contributed by atoms with van der Waals surface area (Å²) >= 11 is 3.36. The molecule has 1 heterocycles. The number of benzene rings is 1. The Balaban J connectivity index is 2.48. The van der Waals surface area contributed by atoms with Crippen molar-refractivity contribution in [3.63, 3.8) is 0 Å². The number of ketones is 1. The van der Waals surface area contributed by atoms with Crippen LogP contribution in [0, 0.1) is 0 Å². The van der Waals surface area contributed by atoms with Crippen LogP contribution in [-0.4, -0.2) is 22.7 Å². The summed E-state index contributed by atoms with van der Waals surface area (Å²) in [5.74, 6) is 0.414. The molecule has 0 aliphatic carbocycles. The molecule has 0 saturated carbocycles. The second-order valence-corrected chi connectivity index (χ2v) is 5.35. The average Bonchev–Trinajstić information content (AvgIpc) is 2.82. The van der Waals surface area contributed by atoms with Crippen molar-refractivity contribution in [2.24, 2.45) is 0 Å². The molecule has 0 fully saturated rings. The van der Waals surface area contributed by atoms with Gasteiger partial charge in [-0.05, 0) is 38.1 Å². The van der Waals surface area contributed by atoms with Crippen LogP contribution in [0.25, 0.3) is 0 Å². The fourth-order valence-electron chi connectivity index (χ4n) is 1.84. The van der Waals surface area contributed by atoms with Crippen LogP contribution >= 0.6 is 15.9 Å². The summed E-state index contributed by atoms with van der Waals surface area (Å²) in [7, 11) is 1.54. The van der Waals surface area contributed by atoms with Gasteiger partial charge in [-0.25, -0.2) is 0 Å². The van der Waals surface area contributed by atoms with E-state index in [0.29, 0.717) is 17.0 Å². The van der Waals surface area contributed by atoms with Gasteiger partial charge in [0.05, 0.1) is 13.3 Å². The third kappa shape index (κ3) is 2.71. The first-order chi connectivity index (χ1) is 9.04. The monoisotopic (exact) mass is 322 g/mol. The van der Waals surface area contributed by atoms with Crippen LogP contribution < -0.4 is 4.74 Å². The molecule has 0 unspecified atom stereocenters. The zero-order valence-electron chi connectivity index (χ0n) is 11.1. The molecular weight excluding hydrogens is 308 g/mol. The van der Waals surface area contributed by atoms with Crippen LogP contribution in [0.15, 0.2) is 34.9 Å². The Morgan fingerprint density at radius 2 is 1.95 bits per heavy atom. The molecule has 0 N–H and O–H groups in total. The van der Waals surface area contributed by atoms with Gasteiger partial charge in [-0.3, -0.25) is 9.48 Å². The summed E-state index contributed by atoms with van der Waals surface area (Å²) in [4.78, 5) is 12.6. The zero-order chi connectivity index (χ0) is 14.0. The van der Waals surface area contributed by atoms with Crippen LogP contribution in [0.2, 0.25) is 0 Å². The average molecular weight is 323 g/mol. The lowest BCUT2D eigenvalue weighted by molar-refractivity contribution is 0.102. The predicted molar refractivity (Wildman–Crippen MR) is 76.7 cm³/mol. The molecule has 0 atom stereocenters. The number of hydrogen-bond donors (Lipinski definition) is 0. The van der Waals surface area contributed by atoms with E-state index in [9.17, 15) is 4.79 Å². The van der Waals surface area contributed by atoms with E-state index in [4.69, 9.17) is 4.74 Å². The van der Waals surface area contributed by atoms with E-state index < -0.39 is 0 Å². The van der Waals surface area contributed by atoms with Gasteiger partial charge in [0, 0.05) is 16.1 Å². The Labute approximate surface area is 120 Å². The Kier molecular flexibility index (Phi) is 4.04. The maximum absolute atomic E-state index is 12.6. The molecule has 0 bridgehead atoms. The first-order valence-corrected chi connectivity index (χ1v) is 6.75.